The van der Waals surface area contributed by atoms with Gasteiger partial charge in [-0.25, -0.2) is 0 Å². The molecule has 22 heavy (non-hydrogen) atoms. The van der Waals surface area contributed by atoms with Crippen molar-refractivity contribution in [3.05, 3.63) is 29.3 Å². The molecule has 3 aliphatic carbocycles. The second kappa shape index (κ2) is 4.68. The molecule has 1 N–H and O–H groups in total. The van der Waals surface area contributed by atoms with Crippen molar-refractivity contribution in [3.8, 4) is 5.75 Å². The summed E-state index contributed by atoms with van der Waals surface area (Å²) in [6.45, 7) is 2.09. The van der Waals surface area contributed by atoms with E-state index in [1.54, 1.807) is 6.07 Å². The third-order valence-electron chi connectivity index (χ3n) is 6.67. The van der Waals surface area contributed by atoms with Crippen molar-refractivity contribution in [2.45, 2.75) is 44.9 Å². The Bertz CT molecular complexity index is 650. The van der Waals surface area contributed by atoms with E-state index in [2.05, 4.69) is 13.0 Å². The second-order valence-electron chi connectivity index (χ2n) is 7.60. The molecular formula is C19H22O3. The zero-order valence-corrected chi connectivity index (χ0v) is 12.9. The highest BCUT2D eigenvalue weighted by molar-refractivity contribution is 5.99. The lowest BCUT2D eigenvalue weighted by Crippen LogP contribution is -2.42. The number of rotatable bonds is 1. The number of carbonyl (C=O) groups excluding carboxylic acids is 2. The lowest BCUT2D eigenvalue weighted by molar-refractivity contribution is -0.133. The molecule has 5 atom stereocenters. The largest absolute Gasteiger partial charge is 0.508 e. The first kappa shape index (κ1) is 14.0. The van der Waals surface area contributed by atoms with E-state index in [0.717, 1.165) is 38.4 Å². The monoisotopic (exact) mass is 298 g/mol. The van der Waals surface area contributed by atoms with Crippen LogP contribution in [0.1, 0.15) is 49.7 Å². The van der Waals surface area contributed by atoms with Gasteiger partial charge in [-0.3, -0.25) is 4.79 Å². The van der Waals surface area contributed by atoms with Gasteiger partial charge in [0.15, 0.2) is 0 Å². The minimum atomic E-state index is -0.380. The molecule has 3 heteroatoms. The Labute approximate surface area is 130 Å². The molecule has 2 saturated carbocycles. The van der Waals surface area contributed by atoms with Crippen molar-refractivity contribution < 1.29 is 14.7 Å². The maximum atomic E-state index is 12.6. The number of fused-ring (bicyclic) bond motifs is 5. The molecule has 0 bridgehead atoms. The normalized spacial score (nSPS) is 39.8. The number of hydrogen-bond donors (Lipinski definition) is 1. The van der Waals surface area contributed by atoms with E-state index >= 15 is 0 Å². The third-order valence-corrected chi connectivity index (χ3v) is 6.67. The number of carbonyl (C=O) groups is 2. The van der Waals surface area contributed by atoms with Crippen LogP contribution in [0, 0.1) is 23.2 Å². The van der Waals surface area contributed by atoms with Gasteiger partial charge in [0.25, 0.3) is 0 Å². The van der Waals surface area contributed by atoms with Gasteiger partial charge < -0.3 is 9.90 Å². The quantitative estimate of drug-likeness (QED) is 0.639. The minimum Gasteiger partial charge on any atom is -0.508 e. The number of aldehydes is 1. The van der Waals surface area contributed by atoms with Crippen molar-refractivity contribution in [2.24, 2.45) is 23.2 Å². The summed E-state index contributed by atoms with van der Waals surface area (Å²) in [4.78, 5) is 23.8. The van der Waals surface area contributed by atoms with Crippen LogP contribution in [0.4, 0.5) is 0 Å². The second-order valence-corrected chi connectivity index (χ2v) is 7.60. The fourth-order valence-corrected chi connectivity index (χ4v) is 5.55. The maximum absolute atomic E-state index is 12.6. The maximum Gasteiger partial charge on any atom is 0.149 e. The predicted molar refractivity (Wildman–Crippen MR) is 82.7 cm³/mol. The van der Waals surface area contributed by atoms with Crippen molar-refractivity contribution in [3.63, 3.8) is 0 Å². The molecule has 0 aliphatic heterocycles. The fourth-order valence-electron chi connectivity index (χ4n) is 5.55. The van der Waals surface area contributed by atoms with Crippen LogP contribution in [-0.4, -0.2) is 17.2 Å². The Hall–Kier alpha value is -1.64. The molecule has 3 nitrogen and oxygen atoms in total. The molecular weight excluding hydrogens is 276 g/mol. The van der Waals surface area contributed by atoms with Gasteiger partial charge in [-0.05, 0) is 73.1 Å². The molecule has 0 radical (unpaired) electrons. The Kier molecular flexibility index (Phi) is 2.97. The molecule has 0 spiro atoms. The number of Topliss-reactive ketones (excluding diaryl/α,β-unsaturated/α-hetero) is 1. The minimum absolute atomic E-state index is 0.183. The Morgan fingerprint density at radius 3 is 2.91 bits per heavy atom. The van der Waals surface area contributed by atoms with E-state index in [0.29, 0.717) is 23.5 Å². The van der Waals surface area contributed by atoms with Crippen LogP contribution in [0.3, 0.4) is 0 Å². The average molecular weight is 298 g/mol. The molecule has 0 amide bonds. The number of aryl methyl sites for hydroxylation is 1. The van der Waals surface area contributed by atoms with Crippen LogP contribution in [0.15, 0.2) is 18.2 Å². The highest BCUT2D eigenvalue weighted by Gasteiger charge is 2.57. The van der Waals surface area contributed by atoms with Crippen LogP contribution in [0.2, 0.25) is 0 Å². The van der Waals surface area contributed by atoms with Crippen LogP contribution in [0.5, 0.6) is 5.75 Å². The summed E-state index contributed by atoms with van der Waals surface area (Å²) in [5, 5.41) is 9.69. The zero-order chi connectivity index (χ0) is 15.5. The average Bonchev–Trinajstić information content (AvgIpc) is 2.78. The van der Waals surface area contributed by atoms with Gasteiger partial charge in [-0.2, -0.15) is 0 Å². The van der Waals surface area contributed by atoms with Crippen LogP contribution >= 0.6 is 0 Å². The molecule has 116 valence electrons. The van der Waals surface area contributed by atoms with Crippen molar-refractivity contribution in [2.75, 3.05) is 0 Å². The highest BCUT2D eigenvalue weighted by Crippen LogP contribution is 2.60. The molecule has 0 aromatic heterocycles. The van der Waals surface area contributed by atoms with Gasteiger partial charge >= 0.3 is 0 Å². The van der Waals surface area contributed by atoms with E-state index < -0.39 is 0 Å². The number of ketones is 1. The molecule has 3 aliphatic rings. The predicted octanol–water partition coefficient (Wildman–Crippen LogP) is 3.24. The van der Waals surface area contributed by atoms with E-state index in [4.69, 9.17) is 0 Å². The lowest BCUT2D eigenvalue weighted by Gasteiger charge is -2.48. The first-order valence-electron chi connectivity index (χ1n) is 8.36. The van der Waals surface area contributed by atoms with Crippen molar-refractivity contribution in [1.82, 2.24) is 0 Å². The number of benzene rings is 1. The molecule has 2 fully saturated rings. The van der Waals surface area contributed by atoms with E-state index in [-0.39, 0.29) is 17.1 Å². The summed E-state index contributed by atoms with van der Waals surface area (Å²) >= 11 is 0. The summed E-state index contributed by atoms with van der Waals surface area (Å²) in [7, 11) is 0. The Balaban J connectivity index is 1.72. The smallest absolute Gasteiger partial charge is 0.149 e. The van der Waals surface area contributed by atoms with Gasteiger partial charge in [0.05, 0.1) is 5.92 Å². The van der Waals surface area contributed by atoms with Gasteiger partial charge in [0.2, 0.25) is 0 Å². The van der Waals surface area contributed by atoms with Gasteiger partial charge in [0, 0.05) is 5.41 Å². The van der Waals surface area contributed by atoms with Crippen LogP contribution in [-0.2, 0) is 16.0 Å². The fraction of sp³-hybridized carbons (Fsp3) is 0.579. The Morgan fingerprint density at radius 1 is 1.32 bits per heavy atom. The molecule has 1 aromatic rings. The lowest BCUT2D eigenvalue weighted by atomic mass is 9.55. The summed E-state index contributed by atoms with van der Waals surface area (Å²) in [6.07, 6.45) is 5.57. The molecule has 4 rings (SSSR count). The zero-order valence-electron chi connectivity index (χ0n) is 12.9. The summed E-state index contributed by atoms with van der Waals surface area (Å²) in [6, 6.07) is 5.74. The number of phenols is 1. The first-order chi connectivity index (χ1) is 10.5. The summed E-state index contributed by atoms with van der Waals surface area (Å²) < 4.78 is 0. The topological polar surface area (TPSA) is 54.4 Å². The Morgan fingerprint density at radius 2 is 2.14 bits per heavy atom. The van der Waals surface area contributed by atoms with Gasteiger partial charge in [-0.1, -0.05) is 13.0 Å². The summed E-state index contributed by atoms with van der Waals surface area (Å²) in [5.41, 5.74) is 2.33. The van der Waals surface area contributed by atoms with Gasteiger partial charge in [-0.15, -0.1) is 0 Å². The first-order valence-corrected chi connectivity index (χ1v) is 8.36. The van der Waals surface area contributed by atoms with Crippen LogP contribution < -0.4 is 0 Å². The number of hydrogen-bond acceptors (Lipinski definition) is 3. The summed E-state index contributed by atoms with van der Waals surface area (Å²) in [5.74, 6) is 1.48. The molecule has 0 saturated heterocycles. The highest BCUT2D eigenvalue weighted by atomic mass is 16.3. The van der Waals surface area contributed by atoms with E-state index in [1.807, 2.05) is 6.07 Å². The van der Waals surface area contributed by atoms with Crippen molar-refractivity contribution >= 4 is 12.1 Å². The molecule has 1 aromatic carbocycles. The standard InChI is InChI=1S/C19H22O3/c1-19-7-6-15-14-5-3-13(21)8-11(14)2-4-16(15)17(19)9-12(10-20)18(19)22/h3,5,8,10,12,15-17,21H,2,4,6-7,9H2,1H3/t12?,15?,16?,17?,19-/m0/s1. The van der Waals surface area contributed by atoms with E-state index in [9.17, 15) is 14.7 Å². The van der Waals surface area contributed by atoms with Crippen molar-refractivity contribution in [1.29, 1.82) is 0 Å². The number of aromatic hydroxyl groups is 1. The SMILES string of the molecule is C[C@]12CCC3c4ccc(O)cc4CCC3C1CC(C=O)C2=O. The third kappa shape index (κ3) is 1.74. The number of phenolic OH excluding ortho intramolecular Hbond substituents is 1. The van der Waals surface area contributed by atoms with Crippen LogP contribution in [0.25, 0.3) is 0 Å². The van der Waals surface area contributed by atoms with E-state index in [1.165, 1.54) is 11.1 Å². The molecule has 4 unspecified atom stereocenters. The molecule has 0 heterocycles. The van der Waals surface area contributed by atoms with Gasteiger partial charge in [0.1, 0.15) is 17.8 Å².